The fourth-order valence-corrected chi connectivity index (χ4v) is 5.88. The van der Waals surface area contributed by atoms with Gasteiger partial charge in [0.15, 0.2) is 0 Å². The van der Waals surface area contributed by atoms with E-state index in [2.05, 4.69) is 12.1 Å². The molecule has 1 N–H and O–H groups in total. The van der Waals surface area contributed by atoms with Crippen LogP contribution in [0, 0.1) is 12.3 Å². The minimum atomic E-state index is -0.518. The average molecular weight is 429 g/mol. The van der Waals surface area contributed by atoms with Gasteiger partial charge in [-0.05, 0) is 50.3 Å². The Hall–Kier alpha value is -2.67. The van der Waals surface area contributed by atoms with Crippen LogP contribution in [0.15, 0.2) is 42.5 Å². The number of carboxylic acid groups (broad SMARTS) is 1. The van der Waals surface area contributed by atoms with Crippen LogP contribution < -0.4 is 0 Å². The van der Waals surface area contributed by atoms with Crippen LogP contribution >= 0.6 is 11.3 Å². The highest BCUT2D eigenvalue weighted by molar-refractivity contribution is 7.13. The number of nitrogens with zero attached hydrogens (tertiary/aromatic N) is 2. The molecule has 2 saturated heterocycles. The van der Waals surface area contributed by atoms with Crippen molar-refractivity contribution >= 4 is 29.6 Å². The number of benzene rings is 1. The van der Waals surface area contributed by atoms with Crippen LogP contribution in [0.25, 0.3) is 0 Å². The number of rotatable bonds is 4. The third-order valence-electron chi connectivity index (χ3n) is 6.12. The van der Waals surface area contributed by atoms with Gasteiger partial charge in [-0.3, -0.25) is 14.4 Å². The standard InChI is InChI=1S/C22H26N2O2S.CH2O2/c1-15-9-11-18(27-15)20(25)24-17-10-12-19(24)22(14-17,21(26)23(2)3)13-16-7-5-4-6-8-16;2-1-3/h4-9,11,17,19H,10,12-14H2,1-3H3;1H,(H,2,3)/t17-,19+,22+;/m0./s1. The van der Waals surface area contributed by atoms with E-state index < -0.39 is 5.41 Å². The normalized spacial score (nSPS) is 24.2. The lowest BCUT2D eigenvalue weighted by Crippen LogP contribution is -2.50. The fourth-order valence-electron chi connectivity index (χ4n) is 5.07. The minimum absolute atomic E-state index is 0.0208. The number of thiophene rings is 1. The van der Waals surface area contributed by atoms with Crippen LogP contribution in [-0.2, 0) is 16.0 Å². The molecule has 0 aliphatic carbocycles. The summed E-state index contributed by atoms with van der Waals surface area (Å²) in [5, 5.41) is 6.89. The van der Waals surface area contributed by atoms with E-state index in [1.807, 2.05) is 56.3 Å². The van der Waals surface area contributed by atoms with Crippen molar-refractivity contribution < 1.29 is 19.5 Å². The summed E-state index contributed by atoms with van der Waals surface area (Å²) in [5.41, 5.74) is 0.648. The molecule has 0 unspecified atom stereocenters. The number of hydrogen-bond donors (Lipinski definition) is 1. The molecule has 160 valence electrons. The van der Waals surface area contributed by atoms with Crippen LogP contribution in [-0.4, -0.2) is 59.4 Å². The Morgan fingerprint density at radius 3 is 2.43 bits per heavy atom. The number of carbonyl (C=O) groups is 3. The SMILES string of the molecule is Cc1ccc(C(=O)N2[C@H]3CC[C@@H]2[C@](Cc2ccccc2)(C(=O)N(C)C)C3)s1.O=CO. The van der Waals surface area contributed by atoms with E-state index in [9.17, 15) is 9.59 Å². The summed E-state index contributed by atoms with van der Waals surface area (Å²) in [4.78, 5) is 40.7. The van der Waals surface area contributed by atoms with Crippen LogP contribution in [0.4, 0.5) is 0 Å². The summed E-state index contributed by atoms with van der Waals surface area (Å²) in [6.07, 6.45) is 3.37. The van der Waals surface area contributed by atoms with Gasteiger partial charge in [-0.25, -0.2) is 0 Å². The molecule has 1 aromatic carbocycles. The van der Waals surface area contributed by atoms with Crippen LogP contribution in [0.1, 0.15) is 39.4 Å². The maximum absolute atomic E-state index is 13.4. The van der Waals surface area contributed by atoms with Gasteiger partial charge in [0, 0.05) is 31.1 Å². The van der Waals surface area contributed by atoms with E-state index in [-0.39, 0.29) is 30.4 Å². The van der Waals surface area contributed by atoms with E-state index in [0.29, 0.717) is 6.42 Å². The molecule has 3 heterocycles. The van der Waals surface area contributed by atoms with Crippen molar-refractivity contribution in [2.45, 2.75) is 44.7 Å². The first-order chi connectivity index (χ1) is 14.3. The van der Waals surface area contributed by atoms with E-state index in [1.54, 1.807) is 16.2 Å². The first-order valence-corrected chi connectivity index (χ1v) is 10.9. The molecule has 0 saturated carbocycles. The molecule has 2 aromatic rings. The first kappa shape index (κ1) is 22.0. The summed E-state index contributed by atoms with van der Waals surface area (Å²) in [5.74, 6) is 0.251. The Labute approximate surface area is 181 Å². The predicted molar refractivity (Wildman–Crippen MR) is 117 cm³/mol. The highest BCUT2D eigenvalue weighted by Gasteiger charge is 2.61. The number of carbonyl (C=O) groups excluding carboxylic acids is 2. The second kappa shape index (κ2) is 9.00. The van der Waals surface area contributed by atoms with Crippen LogP contribution in [0.2, 0.25) is 0 Å². The molecule has 1 aromatic heterocycles. The molecule has 2 aliphatic heterocycles. The molecule has 7 heteroatoms. The monoisotopic (exact) mass is 428 g/mol. The van der Waals surface area contributed by atoms with Crippen molar-refractivity contribution in [2.75, 3.05) is 14.1 Å². The molecule has 3 atom stereocenters. The summed E-state index contributed by atoms with van der Waals surface area (Å²) < 4.78 is 0. The zero-order valence-electron chi connectivity index (χ0n) is 17.6. The van der Waals surface area contributed by atoms with E-state index in [0.717, 1.165) is 29.0 Å². The van der Waals surface area contributed by atoms with Gasteiger partial charge in [-0.15, -0.1) is 11.3 Å². The number of aryl methyl sites for hydroxylation is 1. The topological polar surface area (TPSA) is 77.9 Å². The maximum atomic E-state index is 13.4. The minimum Gasteiger partial charge on any atom is -0.483 e. The van der Waals surface area contributed by atoms with E-state index in [1.165, 1.54) is 5.56 Å². The molecule has 2 amide bonds. The van der Waals surface area contributed by atoms with Gasteiger partial charge in [-0.2, -0.15) is 0 Å². The molecular weight excluding hydrogens is 400 g/mol. The number of fused-ring (bicyclic) bond motifs is 2. The van der Waals surface area contributed by atoms with Gasteiger partial charge in [-0.1, -0.05) is 30.3 Å². The van der Waals surface area contributed by atoms with E-state index in [4.69, 9.17) is 9.90 Å². The number of hydrogen-bond acceptors (Lipinski definition) is 4. The Balaban J connectivity index is 0.000000806. The zero-order valence-corrected chi connectivity index (χ0v) is 18.4. The first-order valence-electron chi connectivity index (χ1n) is 10.1. The highest BCUT2D eigenvalue weighted by atomic mass is 32.1. The van der Waals surface area contributed by atoms with E-state index >= 15 is 0 Å². The van der Waals surface area contributed by atoms with Crippen molar-refractivity contribution in [3.05, 3.63) is 57.8 Å². The van der Waals surface area contributed by atoms with Gasteiger partial charge >= 0.3 is 0 Å². The fraction of sp³-hybridized carbons (Fsp3) is 0.435. The number of amides is 2. The lowest BCUT2D eigenvalue weighted by atomic mass is 9.69. The zero-order chi connectivity index (χ0) is 21.9. The lowest BCUT2D eigenvalue weighted by molar-refractivity contribution is -0.141. The molecule has 2 fully saturated rings. The lowest BCUT2D eigenvalue weighted by Gasteiger charge is -2.38. The maximum Gasteiger partial charge on any atom is 0.290 e. The molecule has 0 radical (unpaired) electrons. The Kier molecular flexibility index (Phi) is 6.61. The smallest absolute Gasteiger partial charge is 0.290 e. The summed E-state index contributed by atoms with van der Waals surface area (Å²) >= 11 is 1.55. The largest absolute Gasteiger partial charge is 0.483 e. The Morgan fingerprint density at radius 1 is 1.20 bits per heavy atom. The quantitative estimate of drug-likeness (QED) is 0.757. The third kappa shape index (κ3) is 3.99. The molecular formula is C23H28N2O4S. The van der Waals surface area contributed by atoms with Gasteiger partial charge in [0.25, 0.3) is 12.4 Å². The van der Waals surface area contributed by atoms with Crippen molar-refractivity contribution in [3.8, 4) is 0 Å². The molecule has 0 spiro atoms. The third-order valence-corrected chi connectivity index (χ3v) is 7.11. The molecule has 6 nitrogen and oxygen atoms in total. The Morgan fingerprint density at radius 2 is 1.87 bits per heavy atom. The predicted octanol–water partition coefficient (Wildman–Crippen LogP) is 3.45. The molecule has 30 heavy (non-hydrogen) atoms. The molecule has 2 aliphatic rings. The molecule has 4 rings (SSSR count). The van der Waals surface area contributed by atoms with Crippen molar-refractivity contribution in [1.29, 1.82) is 0 Å². The van der Waals surface area contributed by atoms with Crippen molar-refractivity contribution in [1.82, 2.24) is 9.80 Å². The van der Waals surface area contributed by atoms with Crippen LogP contribution in [0.5, 0.6) is 0 Å². The Bertz CT molecular complexity index is 911. The summed E-state index contributed by atoms with van der Waals surface area (Å²) in [7, 11) is 3.66. The second-order valence-corrected chi connectivity index (χ2v) is 9.49. The summed E-state index contributed by atoms with van der Waals surface area (Å²) in [6.45, 7) is 1.77. The highest BCUT2D eigenvalue weighted by Crippen LogP contribution is 2.53. The van der Waals surface area contributed by atoms with Gasteiger partial charge in [0.2, 0.25) is 5.91 Å². The van der Waals surface area contributed by atoms with Gasteiger partial charge in [0.05, 0.1) is 10.3 Å². The van der Waals surface area contributed by atoms with Crippen molar-refractivity contribution in [3.63, 3.8) is 0 Å². The van der Waals surface area contributed by atoms with Crippen molar-refractivity contribution in [2.24, 2.45) is 5.41 Å². The summed E-state index contributed by atoms with van der Waals surface area (Å²) in [6, 6.07) is 14.3. The molecule has 2 bridgehead atoms. The second-order valence-electron chi connectivity index (χ2n) is 8.20. The average Bonchev–Trinajstić information content (AvgIpc) is 3.42. The van der Waals surface area contributed by atoms with Gasteiger partial charge < -0.3 is 14.9 Å². The van der Waals surface area contributed by atoms with Crippen LogP contribution in [0.3, 0.4) is 0 Å². The van der Waals surface area contributed by atoms with Gasteiger partial charge in [0.1, 0.15) is 0 Å².